The number of fused-ring (bicyclic) bond motifs is 1. The number of hydrogen-bond donors (Lipinski definition) is 2. The maximum Gasteiger partial charge on any atom is 0.272 e. The lowest BCUT2D eigenvalue weighted by atomic mass is 10.2. The van der Waals surface area contributed by atoms with Crippen molar-refractivity contribution in [1.29, 1.82) is 0 Å². The molecule has 19 heavy (non-hydrogen) atoms. The Morgan fingerprint density at radius 3 is 2.84 bits per heavy atom. The van der Waals surface area contributed by atoms with E-state index in [0.717, 1.165) is 10.9 Å². The van der Waals surface area contributed by atoms with Crippen molar-refractivity contribution < 1.29 is 13.2 Å². The maximum atomic E-state index is 11.9. The molecule has 1 aromatic carbocycles. The predicted octanol–water partition coefficient (Wildman–Crippen LogP) is 0.727. The minimum atomic E-state index is -2.98. The zero-order chi connectivity index (χ0) is 13.9. The number of aromatic nitrogens is 2. The lowest BCUT2D eigenvalue weighted by Crippen LogP contribution is -2.26. The number of para-hydroxylation sites is 1. The van der Waals surface area contributed by atoms with Crippen LogP contribution < -0.4 is 5.32 Å². The van der Waals surface area contributed by atoms with Gasteiger partial charge >= 0.3 is 0 Å². The molecule has 7 heteroatoms. The summed E-state index contributed by atoms with van der Waals surface area (Å²) in [5.74, 6) is -0.236. The second kappa shape index (κ2) is 5.40. The van der Waals surface area contributed by atoms with Crippen molar-refractivity contribution in [2.24, 2.45) is 0 Å². The van der Waals surface area contributed by atoms with Gasteiger partial charge in [-0.2, -0.15) is 5.10 Å². The van der Waals surface area contributed by atoms with Crippen molar-refractivity contribution in [2.45, 2.75) is 6.42 Å². The number of nitrogens with one attached hydrogen (secondary N) is 2. The third-order valence-corrected chi connectivity index (χ3v) is 3.69. The first kappa shape index (κ1) is 13.5. The van der Waals surface area contributed by atoms with Crippen molar-refractivity contribution in [1.82, 2.24) is 15.5 Å². The first-order valence-electron chi connectivity index (χ1n) is 5.86. The molecule has 0 aliphatic rings. The topological polar surface area (TPSA) is 91.9 Å². The molecule has 0 bridgehead atoms. The van der Waals surface area contributed by atoms with E-state index in [1.165, 1.54) is 6.26 Å². The van der Waals surface area contributed by atoms with E-state index in [0.29, 0.717) is 18.7 Å². The predicted molar refractivity (Wildman–Crippen MR) is 72.8 cm³/mol. The number of nitrogens with zero attached hydrogens (tertiary/aromatic N) is 1. The number of hydrogen-bond acceptors (Lipinski definition) is 4. The smallest absolute Gasteiger partial charge is 0.272 e. The molecule has 2 N–H and O–H groups in total. The van der Waals surface area contributed by atoms with Crippen molar-refractivity contribution in [3.63, 3.8) is 0 Å². The standard InChI is InChI=1S/C12H15N3O3S/c1-19(17,18)8-4-7-13-12(16)11-9-5-2-3-6-10(9)14-15-11/h2-3,5-6H,4,7-8H2,1H3,(H,13,16)(H,14,15). The van der Waals surface area contributed by atoms with Crippen LogP contribution in [0.5, 0.6) is 0 Å². The Balaban J connectivity index is 1.97. The Hall–Kier alpha value is -1.89. The summed E-state index contributed by atoms with van der Waals surface area (Å²) in [5.41, 5.74) is 1.12. The lowest BCUT2D eigenvalue weighted by Gasteiger charge is -2.02. The van der Waals surface area contributed by atoms with Gasteiger partial charge in [-0.25, -0.2) is 8.42 Å². The number of H-pyrrole nitrogens is 1. The summed E-state index contributed by atoms with van der Waals surface area (Å²) in [7, 11) is -2.98. The zero-order valence-electron chi connectivity index (χ0n) is 10.5. The number of carbonyl (C=O) groups is 1. The minimum absolute atomic E-state index is 0.0641. The molecule has 0 aliphatic heterocycles. The Kier molecular flexibility index (Phi) is 3.84. The van der Waals surface area contributed by atoms with Crippen LogP contribution in [0, 0.1) is 0 Å². The SMILES string of the molecule is CS(=O)(=O)CCCNC(=O)c1n[nH]c2ccccc12. The summed E-state index contributed by atoms with van der Waals surface area (Å²) in [4.78, 5) is 11.9. The summed E-state index contributed by atoms with van der Waals surface area (Å²) in [6.07, 6.45) is 1.57. The van der Waals surface area contributed by atoms with E-state index in [4.69, 9.17) is 0 Å². The quantitative estimate of drug-likeness (QED) is 0.790. The minimum Gasteiger partial charge on any atom is -0.351 e. The molecule has 1 aromatic heterocycles. The van der Waals surface area contributed by atoms with Gasteiger partial charge in [-0.05, 0) is 12.5 Å². The number of carbonyl (C=O) groups excluding carboxylic acids is 1. The molecule has 0 spiro atoms. The van der Waals surface area contributed by atoms with Gasteiger partial charge in [-0.1, -0.05) is 18.2 Å². The van der Waals surface area contributed by atoms with E-state index in [9.17, 15) is 13.2 Å². The fourth-order valence-electron chi connectivity index (χ4n) is 1.76. The van der Waals surface area contributed by atoms with Crippen molar-refractivity contribution in [3.8, 4) is 0 Å². The van der Waals surface area contributed by atoms with Crippen LogP contribution in [0.1, 0.15) is 16.9 Å². The van der Waals surface area contributed by atoms with Crippen molar-refractivity contribution in [3.05, 3.63) is 30.0 Å². The van der Waals surface area contributed by atoms with E-state index in [-0.39, 0.29) is 11.7 Å². The molecule has 102 valence electrons. The second-order valence-corrected chi connectivity index (χ2v) is 6.62. The number of sulfone groups is 1. The molecule has 1 amide bonds. The van der Waals surface area contributed by atoms with Gasteiger partial charge in [0.2, 0.25) is 0 Å². The highest BCUT2D eigenvalue weighted by molar-refractivity contribution is 7.90. The highest BCUT2D eigenvalue weighted by Crippen LogP contribution is 2.14. The lowest BCUT2D eigenvalue weighted by molar-refractivity contribution is 0.0950. The molecule has 0 saturated heterocycles. The summed E-state index contributed by atoms with van der Waals surface area (Å²) in [6.45, 7) is 0.313. The molecular weight excluding hydrogens is 266 g/mol. The average Bonchev–Trinajstić information content (AvgIpc) is 2.77. The Morgan fingerprint density at radius 2 is 2.11 bits per heavy atom. The zero-order valence-corrected chi connectivity index (χ0v) is 11.3. The second-order valence-electron chi connectivity index (χ2n) is 4.36. The van der Waals surface area contributed by atoms with Gasteiger partial charge in [0.05, 0.1) is 11.3 Å². The number of amides is 1. The van der Waals surface area contributed by atoms with Gasteiger partial charge in [0.25, 0.3) is 5.91 Å². The normalized spacial score (nSPS) is 11.6. The van der Waals surface area contributed by atoms with Gasteiger partial charge in [0.1, 0.15) is 9.84 Å². The number of benzene rings is 1. The molecular formula is C12H15N3O3S. The van der Waals surface area contributed by atoms with Crippen LogP contribution in [0.4, 0.5) is 0 Å². The van der Waals surface area contributed by atoms with Crippen LogP contribution >= 0.6 is 0 Å². The summed E-state index contributed by atoms with van der Waals surface area (Å²) in [5, 5.41) is 10.2. The summed E-state index contributed by atoms with van der Waals surface area (Å²) in [6, 6.07) is 7.33. The number of aromatic amines is 1. The van der Waals surface area contributed by atoms with Gasteiger partial charge in [-0.3, -0.25) is 9.89 Å². The van der Waals surface area contributed by atoms with E-state index in [1.54, 1.807) is 0 Å². The maximum absolute atomic E-state index is 11.9. The molecule has 2 rings (SSSR count). The third-order valence-electron chi connectivity index (χ3n) is 2.66. The van der Waals surface area contributed by atoms with Gasteiger partial charge in [-0.15, -0.1) is 0 Å². The fourth-order valence-corrected chi connectivity index (χ4v) is 2.43. The summed E-state index contributed by atoms with van der Waals surface area (Å²) < 4.78 is 21.9. The Bertz CT molecular complexity index is 691. The van der Waals surface area contributed by atoms with Crippen LogP contribution in [-0.2, 0) is 9.84 Å². The third kappa shape index (κ3) is 3.54. The molecule has 0 aliphatic carbocycles. The van der Waals surface area contributed by atoms with Crippen LogP contribution in [0.3, 0.4) is 0 Å². The van der Waals surface area contributed by atoms with Crippen molar-refractivity contribution in [2.75, 3.05) is 18.6 Å². The molecule has 0 atom stereocenters. The fraction of sp³-hybridized carbons (Fsp3) is 0.333. The summed E-state index contributed by atoms with van der Waals surface area (Å²) >= 11 is 0. The van der Waals surface area contributed by atoms with Gasteiger partial charge in [0.15, 0.2) is 5.69 Å². The molecule has 6 nitrogen and oxygen atoms in total. The van der Waals surface area contributed by atoms with E-state index < -0.39 is 9.84 Å². The van der Waals surface area contributed by atoms with Gasteiger partial charge in [0, 0.05) is 18.2 Å². The average molecular weight is 281 g/mol. The monoisotopic (exact) mass is 281 g/mol. The molecule has 0 saturated carbocycles. The first-order chi connectivity index (χ1) is 8.97. The largest absolute Gasteiger partial charge is 0.351 e. The number of rotatable bonds is 5. The molecule has 0 radical (unpaired) electrons. The van der Waals surface area contributed by atoms with Crippen LogP contribution in [0.2, 0.25) is 0 Å². The van der Waals surface area contributed by atoms with E-state index in [2.05, 4.69) is 15.5 Å². The van der Waals surface area contributed by atoms with Crippen LogP contribution in [0.25, 0.3) is 10.9 Å². The van der Waals surface area contributed by atoms with Crippen molar-refractivity contribution >= 4 is 26.6 Å². The molecule has 0 unspecified atom stereocenters. The van der Waals surface area contributed by atoms with Gasteiger partial charge < -0.3 is 5.32 Å². The molecule has 0 fully saturated rings. The van der Waals surface area contributed by atoms with Crippen LogP contribution in [-0.4, -0.2) is 43.1 Å². The highest BCUT2D eigenvalue weighted by atomic mass is 32.2. The molecule has 1 heterocycles. The molecule has 2 aromatic rings. The Morgan fingerprint density at radius 1 is 1.37 bits per heavy atom. The van der Waals surface area contributed by atoms with Crippen LogP contribution in [0.15, 0.2) is 24.3 Å². The van der Waals surface area contributed by atoms with E-state index in [1.807, 2.05) is 24.3 Å². The highest BCUT2D eigenvalue weighted by Gasteiger charge is 2.13. The Labute approximate surface area is 111 Å². The van der Waals surface area contributed by atoms with E-state index >= 15 is 0 Å². The first-order valence-corrected chi connectivity index (χ1v) is 7.92.